The van der Waals surface area contributed by atoms with Gasteiger partial charge in [-0.2, -0.15) is 0 Å². The number of halogens is 2. The number of ether oxygens (including phenoxy) is 1. The number of carbonyl (C=O) groups excluding carboxylic acids is 2. The summed E-state index contributed by atoms with van der Waals surface area (Å²) in [6.45, 7) is 6.86. The quantitative estimate of drug-likeness (QED) is 0.828. The van der Waals surface area contributed by atoms with Crippen LogP contribution in [0.4, 0.5) is 8.78 Å². The molecule has 27 heavy (non-hydrogen) atoms. The van der Waals surface area contributed by atoms with Crippen LogP contribution in [-0.4, -0.2) is 29.5 Å². The number of hydrazine groups is 1. The van der Waals surface area contributed by atoms with Crippen LogP contribution in [0.15, 0.2) is 36.4 Å². The number of benzene rings is 2. The van der Waals surface area contributed by atoms with Gasteiger partial charge in [0, 0.05) is 16.7 Å². The van der Waals surface area contributed by atoms with Gasteiger partial charge in [-0.05, 0) is 58.0 Å². The molecule has 0 saturated heterocycles. The molecule has 0 aliphatic rings. The third-order valence-electron chi connectivity index (χ3n) is 4.00. The molecule has 2 aromatic rings. The van der Waals surface area contributed by atoms with Crippen molar-refractivity contribution in [2.45, 2.75) is 33.2 Å². The molecule has 0 atom stereocenters. The van der Waals surface area contributed by atoms with Crippen molar-refractivity contribution in [1.82, 2.24) is 10.4 Å². The van der Waals surface area contributed by atoms with Crippen molar-refractivity contribution >= 4 is 11.8 Å². The van der Waals surface area contributed by atoms with Gasteiger partial charge in [-0.1, -0.05) is 6.07 Å². The van der Waals surface area contributed by atoms with E-state index < -0.39 is 29.0 Å². The summed E-state index contributed by atoms with van der Waals surface area (Å²) in [6.07, 6.45) is 0. The second kappa shape index (κ2) is 7.73. The molecule has 0 fully saturated rings. The van der Waals surface area contributed by atoms with E-state index in [1.54, 1.807) is 45.9 Å². The number of hydrogen-bond acceptors (Lipinski definition) is 3. The molecule has 0 saturated carbocycles. The van der Waals surface area contributed by atoms with E-state index in [4.69, 9.17) is 4.74 Å². The predicted octanol–water partition coefficient (Wildman–Crippen LogP) is 3.87. The third kappa shape index (κ3) is 4.42. The first kappa shape index (κ1) is 20.4. The number of rotatable bonds is 3. The number of methoxy groups -OCH3 is 1. The highest BCUT2D eigenvalue weighted by Gasteiger charge is 2.30. The summed E-state index contributed by atoms with van der Waals surface area (Å²) in [7, 11) is 1.50. The Morgan fingerprint density at radius 3 is 2.30 bits per heavy atom. The molecule has 7 heteroatoms. The molecular weight excluding hydrogens is 354 g/mol. The minimum Gasteiger partial charge on any atom is -0.496 e. The lowest BCUT2D eigenvalue weighted by Gasteiger charge is -2.35. The zero-order chi connectivity index (χ0) is 20.4. The van der Waals surface area contributed by atoms with Crippen molar-refractivity contribution in [3.63, 3.8) is 0 Å². The topological polar surface area (TPSA) is 58.6 Å². The van der Waals surface area contributed by atoms with Crippen LogP contribution in [0.3, 0.4) is 0 Å². The zero-order valence-electron chi connectivity index (χ0n) is 15.9. The smallest absolute Gasteiger partial charge is 0.272 e. The van der Waals surface area contributed by atoms with Crippen molar-refractivity contribution in [2.75, 3.05) is 7.11 Å². The van der Waals surface area contributed by atoms with Crippen molar-refractivity contribution in [3.8, 4) is 5.75 Å². The van der Waals surface area contributed by atoms with Crippen LogP contribution in [0, 0.1) is 18.6 Å². The average molecular weight is 376 g/mol. The third-order valence-corrected chi connectivity index (χ3v) is 4.00. The van der Waals surface area contributed by atoms with Crippen molar-refractivity contribution in [3.05, 3.63) is 64.7 Å². The van der Waals surface area contributed by atoms with Gasteiger partial charge in [-0.3, -0.25) is 15.0 Å². The molecule has 5 nitrogen and oxygen atoms in total. The Kier molecular flexibility index (Phi) is 5.83. The number of amides is 2. The van der Waals surface area contributed by atoms with Crippen LogP contribution in [0.5, 0.6) is 5.75 Å². The molecule has 0 bridgehead atoms. The number of hydrogen-bond donors (Lipinski definition) is 1. The van der Waals surface area contributed by atoms with Crippen LogP contribution in [0.2, 0.25) is 0 Å². The fourth-order valence-electron chi connectivity index (χ4n) is 2.52. The lowest BCUT2D eigenvalue weighted by atomic mass is 10.1. The van der Waals surface area contributed by atoms with Crippen LogP contribution >= 0.6 is 0 Å². The summed E-state index contributed by atoms with van der Waals surface area (Å²) >= 11 is 0. The van der Waals surface area contributed by atoms with Gasteiger partial charge < -0.3 is 4.74 Å². The van der Waals surface area contributed by atoms with E-state index in [-0.39, 0.29) is 5.56 Å². The summed E-state index contributed by atoms with van der Waals surface area (Å²) in [5.74, 6) is -2.82. The highest BCUT2D eigenvalue weighted by Crippen LogP contribution is 2.22. The average Bonchev–Trinajstić information content (AvgIpc) is 2.60. The van der Waals surface area contributed by atoms with Gasteiger partial charge in [0.25, 0.3) is 11.8 Å². The Bertz CT molecular complexity index is 876. The fourth-order valence-corrected chi connectivity index (χ4v) is 2.52. The molecule has 2 aromatic carbocycles. The summed E-state index contributed by atoms with van der Waals surface area (Å²) in [4.78, 5) is 25.6. The number of nitrogens with zero attached hydrogens (tertiary/aromatic N) is 1. The van der Waals surface area contributed by atoms with Gasteiger partial charge in [-0.25, -0.2) is 13.8 Å². The second-order valence-corrected chi connectivity index (χ2v) is 7.01. The molecule has 1 N–H and O–H groups in total. The first-order valence-electron chi connectivity index (χ1n) is 8.30. The zero-order valence-corrected chi connectivity index (χ0v) is 15.9. The summed E-state index contributed by atoms with van der Waals surface area (Å²) in [5, 5.41) is 1.10. The highest BCUT2D eigenvalue weighted by molar-refractivity contribution is 6.00. The monoisotopic (exact) mass is 376 g/mol. The molecule has 2 rings (SSSR count). The van der Waals surface area contributed by atoms with Crippen molar-refractivity contribution in [2.24, 2.45) is 0 Å². The normalized spacial score (nSPS) is 11.1. The van der Waals surface area contributed by atoms with Gasteiger partial charge in [-0.15, -0.1) is 0 Å². The summed E-state index contributed by atoms with van der Waals surface area (Å²) in [5.41, 5.74) is 2.63. The lowest BCUT2D eigenvalue weighted by Crippen LogP contribution is -2.56. The van der Waals surface area contributed by atoms with Gasteiger partial charge in [0.1, 0.15) is 5.75 Å². The largest absolute Gasteiger partial charge is 0.496 e. The Balaban J connectivity index is 2.36. The van der Waals surface area contributed by atoms with E-state index in [2.05, 4.69) is 5.43 Å². The van der Waals surface area contributed by atoms with E-state index in [0.717, 1.165) is 17.1 Å². The van der Waals surface area contributed by atoms with E-state index in [0.29, 0.717) is 16.9 Å². The van der Waals surface area contributed by atoms with Crippen molar-refractivity contribution in [1.29, 1.82) is 0 Å². The Hall–Kier alpha value is -2.96. The van der Waals surface area contributed by atoms with Crippen LogP contribution in [-0.2, 0) is 0 Å². The maximum atomic E-state index is 13.5. The molecule has 0 radical (unpaired) electrons. The van der Waals surface area contributed by atoms with Crippen LogP contribution < -0.4 is 10.2 Å². The van der Waals surface area contributed by atoms with Gasteiger partial charge in [0.15, 0.2) is 11.6 Å². The first-order chi connectivity index (χ1) is 12.6. The van der Waals surface area contributed by atoms with Crippen molar-refractivity contribution < 1.29 is 23.1 Å². The molecule has 144 valence electrons. The number of nitrogens with one attached hydrogen (secondary N) is 1. The molecule has 0 spiro atoms. The van der Waals surface area contributed by atoms with Crippen LogP contribution in [0.25, 0.3) is 0 Å². The Labute approximate surface area is 156 Å². The second-order valence-electron chi connectivity index (χ2n) is 7.01. The highest BCUT2D eigenvalue weighted by atomic mass is 19.2. The van der Waals surface area contributed by atoms with Crippen LogP contribution in [0.1, 0.15) is 47.1 Å². The minimum atomic E-state index is -1.13. The van der Waals surface area contributed by atoms with E-state index in [9.17, 15) is 18.4 Å². The van der Waals surface area contributed by atoms with E-state index in [1.807, 2.05) is 0 Å². The maximum absolute atomic E-state index is 13.5. The molecule has 2 amide bonds. The summed E-state index contributed by atoms with van der Waals surface area (Å²) in [6, 6.07) is 7.84. The first-order valence-corrected chi connectivity index (χ1v) is 8.30. The van der Waals surface area contributed by atoms with E-state index in [1.165, 1.54) is 13.2 Å². The predicted molar refractivity (Wildman–Crippen MR) is 97.5 cm³/mol. The summed E-state index contributed by atoms with van der Waals surface area (Å²) < 4.78 is 31.9. The fraction of sp³-hybridized carbons (Fsp3) is 0.300. The maximum Gasteiger partial charge on any atom is 0.272 e. The molecule has 0 heterocycles. The van der Waals surface area contributed by atoms with Gasteiger partial charge in [0.05, 0.1) is 12.6 Å². The van der Waals surface area contributed by atoms with E-state index >= 15 is 0 Å². The molecule has 0 unspecified atom stereocenters. The SMILES string of the molecule is COc1cccc(C(=O)NN(C(=O)c2ccc(F)c(F)c2)C(C)(C)C)c1C. The number of carbonyl (C=O) groups is 2. The molecular formula is C20H22F2N2O3. The molecule has 0 aliphatic heterocycles. The lowest BCUT2D eigenvalue weighted by molar-refractivity contribution is 0.0358. The standard InChI is InChI=1S/C20H22F2N2O3/c1-12-14(7-6-8-17(12)27-5)18(25)23-24(20(2,3)4)19(26)13-9-10-15(21)16(22)11-13/h6-11H,1-5H3,(H,23,25). The Morgan fingerprint density at radius 2 is 1.74 bits per heavy atom. The Morgan fingerprint density at radius 1 is 1.07 bits per heavy atom. The minimum absolute atomic E-state index is 0.0773. The molecule has 0 aliphatic carbocycles. The molecule has 0 aromatic heterocycles. The van der Waals surface area contributed by atoms with Gasteiger partial charge in [0.2, 0.25) is 0 Å². The van der Waals surface area contributed by atoms with Gasteiger partial charge >= 0.3 is 0 Å².